The monoisotopic (exact) mass is 349 g/mol. The maximum absolute atomic E-state index is 12.4. The highest BCUT2D eigenvalue weighted by molar-refractivity contribution is 5.91. The number of carbonyl (C=O) groups excluding carboxylic acids is 2. The van der Waals surface area contributed by atoms with Gasteiger partial charge >= 0.3 is 0 Å². The van der Waals surface area contributed by atoms with Gasteiger partial charge in [0.05, 0.1) is 26.0 Å². The SMILES string of the molecule is CC1(C)COCCN1CC(=O)NC1CCN(C(=O)c2ccco2)CC1. The van der Waals surface area contributed by atoms with Gasteiger partial charge in [0.2, 0.25) is 5.91 Å². The highest BCUT2D eigenvalue weighted by Gasteiger charge is 2.32. The molecule has 2 aliphatic heterocycles. The van der Waals surface area contributed by atoms with Crippen LogP contribution in [0, 0.1) is 0 Å². The van der Waals surface area contributed by atoms with E-state index < -0.39 is 0 Å². The van der Waals surface area contributed by atoms with Crippen LogP contribution in [0.5, 0.6) is 0 Å². The molecule has 2 fully saturated rings. The fraction of sp³-hybridized carbons (Fsp3) is 0.667. The average Bonchev–Trinajstić information content (AvgIpc) is 3.11. The summed E-state index contributed by atoms with van der Waals surface area (Å²) in [6.45, 7) is 7.94. The minimum absolute atomic E-state index is 0.0470. The molecular weight excluding hydrogens is 322 g/mol. The number of morpholine rings is 1. The van der Waals surface area contributed by atoms with E-state index >= 15 is 0 Å². The van der Waals surface area contributed by atoms with E-state index in [1.807, 2.05) is 0 Å². The number of nitrogens with one attached hydrogen (secondary N) is 1. The second-order valence-electron chi connectivity index (χ2n) is 7.40. The second-order valence-corrected chi connectivity index (χ2v) is 7.40. The van der Waals surface area contributed by atoms with Crippen molar-refractivity contribution >= 4 is 11.8 Å². The standard InChI is InChI=1S/C18H27N3O4/c1-18(2)13-24-11-9-21(18)12-16(22)19-14-5-7-20(8-6-14)17(23)15-4-3-10-25-15/h3-4,10,14H,5-9,11-13H2,1-2H3,(H,19,22). The van der Waals surface area contributed by atoms with E-state index in [0.29, 0.717) is 38.6 Å². The molecule has 7 heteroatoms. The predicted octanol–water partition coefficient (Wildman–Crippen LogP) is 1.11. The predicted molar refractivity (Wildman–Crippen MR) is 92.2 cm³/mol. The molecule has 2 amide bonds. The van der Waals surface area contributed by atoms with Crippen LogP contribution >= 0.6 is 0 Å². The summed E-state index contributed by atoms with van der Waals surface area (Å²) in [5.41, 5.74) is -0.117. The number of ether oxygens (including phenoxy) is 1. The Labute approximate surface area is 148 Å². The van der Waals surface area contributed by atoms with Gasteiger partial charge in [-0.15, -0.1) is 0 Å². The molecule has 25 heavy (non-hydrogen) atoms. The van der Waals surface area contributed by atoms with Gasteiger partial charge in [0.15, 0.2) is 5.76 Å². The highest BCUT2D eigenvalue weighted by Crippen LogP contribution is 2.19. The lowest BCUT2D eigenvalue weighted by Crippen LogP contribution is -2.57. The molecule has 0 aliphatic carbocycles. The number of likely N-dealkylation sites (tertiary alicyclic amines) is 1. The number of rotatable bonds is 4. The van der Waals surface area contributed by atoms with Crippen molar-refractivity contribution in [3.05, 3.63) is 24.2 Å². The third-order valence-corrected chi connectivity index (χ3v) is 5.03. The molecule has 0 saturated carbocycles. The van der Waals surface area contributed by atoms with E-state index in [4.69, 9.17) is 9.15 Å². The summed E-state index contributed by atoms with van der Waals surface area (Å²) in [5.74, 6) is 0.340. The van der Waals surface area contributed by atoms with Crippen LogP contribution in [0.25, 0.3) is 0 Å². The number of piperidine rings is 1. The van der Waals surface area contributed by atoms with Gasteiger partial charge in [-0.2, -0.15) is 0 Å². The third-order valence-electron chi connectivity index (χ3n) is 5.03. The Balaban J connectivity index is 1.44. The van der Waals surface area contributed by atoms with Crippen molar-refractivity contribution in [2.24, 2.45) is 0 Å². The minimum atomic E-state index is -0.117. The van der Waals surface area contributed by atoms with Gasteiger partial charge in [-0.05, 0) is 38.8 Å². The first-order valence-corrected chi connectivity index (χ1v) is 8.91. The number of nitrogens with zero attached hydrogens (tertiary/aromatic N) is 2. The lowest BCUT2D eigenvalue weighted by atomic mass is 10.0. The maximum atomic E-state index is 12.4. The Bertz CT molecular complexity index is 591. The van der Waals surface area contributed by atoms with Crippen molar-refractivity contribution in [1.29, 1.82) is 0 Å². The Morgan fingerprint density at radius 2 is 2.04 bits per heavy atom. The third kappa shape index (κ3) is 4.41. The molecule has 0 aromatic carbocycles. The fourth-order valence-electron chi connectivity index (χ4n) is 3.41. The van der Waals surface area contributed by atoms with Crippen LogP contribution in [0.4, 0.5) is 0 Å². The van der Waals surface area contributed by atoms with Crippen LogP contribution in [0.15, 0.2) is 22.8 Å². The molecule has 0 spiro atoms. The molecule has 1 aromatic heterocycles. The normalized spacial score (nSPS) is 21.9. The van der Waals surface area contributed by atoms with Crippen LogP contribution in [0.3, 0.4) is 0 Å². The van der Waals surface area contributed by atoms with Crippen molar-refractivity contribution in [3.8, 4) is 0 Å². The van der Waals surface area contributed by atoms with Crippen LogP contribution in [-0.2, 0) is 9.53 Å². The first-order valence-electron chi connectivity index (χ1n) is 8.91. The second kappa shape index (κ2) is 7.58. The molecule has 3 rings (SSSR count). The summed E-state index contributed by atoms with van der Waals surface area (Å²) in [4.78, 5) is 28.6. The van der Waals surface area contributed by atoms with Crippen LogP contribution in [-0.4, -0.2) is 72.6 Å². The lowest BCUT2D eigenvalue weighted by molar-refractivity contribution is -0.128. The zero-order valence-electron chi connectivity index (χ0n) is 15.0. The first kappa shape index (κ1) is 17.9. The van der Waals surface area contributed by atoms with Crippen molar-refractivity contribution in [2.75, 3.05) is 39.4 Å². The van der Waals surface area contributed by atoms with Crippen molar-refractivity contribution in [1.82, 2.24) is 15.1 Å². The van der Waals surface area contributed by atoms with Gasteiger partial charge in [-0.25, -0.2) is 0 Å². The lowest BCUT2D eigenvalue weighted by Gasteiger charge is -2.42. The number of furan rings is 1. The van der Waals surface area contributed by atoms with Gasteiger partial charge < -0.3 is 19.4 Å². The Hall–Kier alpha value is -1.86. The Morgan fingerprint density at radius 1 is 1.28 bits per heavy atom. The van der Waals surface area contributed by atoms with E-state index in [9.17, 15) is 9.59 Å². The van der Waals surface area contributed by atoms with E-state index in [0.717, 1.165) is 19.4 Å². The molecule has 1 N–H and O–H groups in total. The largest absolute Gasteiger partial charge is 0.459 e. The van der Waals surface area contributed by atoms with Crippen molar-refractivity contribution in [2.45, 2.75) is 38.3 Å². The van der Waals surface area contributed by atoms with Crippen molar-refractivity contribution in [3.63, 3.8) is 0 Å². The summed E-state index contributed by atoms with van der Waals surface area (Å²) in [6, 6.07) is 3.52. The number of hydrogen-bond acceptors (Lipinski definition) is 5. The van der Waals surface area contributed by atoms with Crippen LogP contribution < -0.4 is 5.32 Å². The summed E-state index contributed by atoms with van der Waals surface area (Å²) >= 11 is 0. The molecule has 0 unspecified atom stereocenters. The molecule has 0 atom stereocenters. The molecule has 7 nitrogen and oxygen atoms in total. The minimum Gasteiger partial charge on any atom is -0.459 e. The van der Waals surface area contributed by atoms with Gasteiger partial charge in [0.25, 0.3) is 5.91 Å². The zero-order chi connectivity index (χ0) is 17.9. The smallest absolute Gasteiger partial charge is 0.289 e. The summed E-state index contributed by atoms with van der Waals surface area (Å²) in [7, 11) is 0. The van der Waals surface area contributed by atoms with E-state index in [2.05, 4.69) is 24.1 Å². The van der Waals surface area contributed by atoms with E-state index in [1.165, 1.54) is 6.26 Å². The first-order chi connectivity index (χ1) is 12.0. The molecule has 2 aliphatic rings. The van der Waals surface area contributed by atoms with Crippen LogP contribution in [0.2, 0.25) is 0 Å². The number of amides is 2. The molecule has 1 aromatic rings. The molecule has 3 heterocycles. The molecular formula is C18H27N3O4. The van der Waals surface area contributed by atoms with Crippen LogP contribution in [0.1, 0.15) is 37.2 Å². The molecule has 2 saturated heterocycles. The van der Waals surface area contributed by atoms with Gasteiger partial charge in [-0.3, -0.25) is 14.5 Å². The van der Waals surface area contributed by atoms with Gasteiger partial charge in [-0.1, -0.05) is 0 Å². The molecule has 138 valence electrons. The van der Waals surface area contributed by atoms with Gasteiger partial charge in [0, 0.05) is 31.2 Å². The Kier molecular flexibility index (Phi) is 5.44. The molecule has 0 bridgehead atoms. The van der Waals surface area contributed by atoms with E-state index in [-0.39, 0.29) is 23.4 Å². The number of hydrogen-bond donors (Lipinski definition) is 1. The van der Waals surface area contributed by atoms with E-state index in [1.54, 1.807) is 17.0 Å². The quantitative estimate of drug-likeness (QED) is 0.881. The summed E-state index contributed by atoms with van der Waals surface area (Å²) in [6.07, 6.45) is 3.04. The summed E-state index contributed by atoms with van der Waals surface area (Å²) in [5, 5.41) is 3.12. The Morgan fingerprint density at radius 3 is 2.68 bits per heavy atom. The topological polar surface area (TPSA) is 75.0 Å². The fourth-order valence-corrected chi connectivity index (χ4v) is 3.41. The molecule has 0 radical (unpaired) electrons. The highest BCUT2D eigenvalue weighted by atomic mass is 16.5. The maximum Gasteiger partial charge on any atom is 0.289 e. The van der Waals surface area contributed by atoms with Crippen molar-refractivity contribution < 1.29 is 18.7 Å². The zero-order valence-corrected chi connectivity index (χ0v) is 15.0. The van der Waals surface area contributed by atoms with Gasteiger partial charge in [0.1, 0.15) is 0 Å². The summed E-state index contributed by atoms with van der Waals surface area (Å²) < 4.78 is 10.7. The average molecular weight is 349 g/mol. The number of carbonyl (C=O) groups is 2.